The first-order valence-corrected chi connectivity index (χ1v) is 8.97. The molecule has 2 heterocycles. The van der Waals surface area contributed by atoms with Crippen molar-refractivity contribution in [2.75, 3.05) is 5.75 Å². The predicted octanol–water partition coefficient (Wildman–Crippen LogP) is 0.383. The van der Waals surface area contributed by atoms with E-state index in [1.165, 1.54) is 17.9 Å². The number of fused-ring (bicyclic) bond motifs is 1. The summed E-state index contributed by atoms with van der Waals surface area (Å²) in [5.74, 6) is 0.885. The molecule has 0 aliphatic heterocycles. The van der Waals surface area contributed by atoms with E-state index in [0.717, 1.165) is 10.1 Å². The van der Waals surface area contributed by atoms with Gasteiger partial charge in [0, 0.05) is 42.9 Å². The van der Waals surface area contributed by atoms with Gasteiger partial charge < -0.3 is 4.57 Å². The number of aromatic nitrogens is 4. The Hall–Kier alpha value is -2.48. The molecule has 0 bridgehead atoms. The molecule has 7 nitrogen and oxygen atoms in total. The molecule has 2 aromatic heterocycles. The molecule has 0 aliphatic carbocycles. The van der Waals surface area contributed by atoms with Crippen molar-refractivity contribution in [2.45, 2.75) is 12.3 Å². The molecule has 8 heteroatoms. The quantitative estimate of drug-likeness (QED) is 0.669. The lowest BCUT2D eigenvalue weighted by Gasteiger charge is -2.07. The van der Waals surface area contributed by atoms with Gasteiger partial charge in [0.25, 0.3) is 5.56 Å². The molecule has 1 unspecified atom stereocenters. The minimum Gasteiger partial charge on any atom is -0.324 e. The van der Waals surface area contributed by atoms with Gasteiger partial charge in [0.1, 0.15) is 0 Å². The largest absolute Gasteiger partial charge is 0.332 e. The zero-order valence-electron chi connectivity index (χ0n) is 13.5. The number of benzene rings is 1. The Morgan fingerprint density at radius 1 is 1.08 bits per heavy atom. The summed E-state index contributed by atoms with van der Waals surface area (Å²) in [6, 6.07) is 9.64. The number of hydrogen-bond acceptors (Lipinski definition) is 4. The smallest absolute Gasteiger partial charge is 0.324 e. The zero-order valence-corrected chi connectivity index (χ0v) is 14.3. The monoisotopic (exact) mass is 346 g/mol. The van der Waals surface area contributed by atoms with Crippen molar-refractivity contribution in [1.29, 1.82) is 0 Å². The second-order valence-corrected chi connectivity index (χ2v) is 7.17. The van der Waals surface area contributed by atoms with Crippen LogP contribution in [-0.2, 0) is 37.2 Å². The lowest BCUT2D eigenvalue weighted by Crippen LogP contribution is -2.37. The fraction of sp³-hybridized carbons (Fsp3) is 0.312. The summed E-state index contributed by atoms with van der Waals surface area (Å²) in [6.45, 7) is 0.406. The summed E-state index contributed by atoms with van der Waals surface area (Å²) >= 11 is 0. The van der Waals surface area contributed by atoms with Crippen LogP contribution in [0.15, 0.2) is 46.2 Å². The van der Waals surface area contributed by atoms with Crippen molar-refractivity contribution in [2.24, 2.45) is 14.1 Å². The van der Waals surface area contributed by atoms with Crippen LogP contribution in [0, 0.1) is 0 Å². The third-order valence-corrected chi connectivity index (χ3v) is 5.24. The average molecular weight is 346 g/mol. The van der Waals surface area contributed by atoms with E-state index in [1.807, 2.05) is 30.3 Å². The Kier molecular flexibility index (Phi) is 4.48. The van der Waals surface area contributed by atoms with E-state index in [2.05, 4.69) is 4.98 Å². The van der Waals surface area contributed by atoms with Gasteiger partial charge in [-0.3, -0.25) is 18.1 Å². The number of rotatable bonds is 5. The van der Waals surface area contributed by atoms with Gasteiger partial charge in [-0.15, -0.1) is 0 Å². The van der Waals surface area contributed by atoms with E-state index in [1.54, 1.807) is 11.6 Å². The maximum Gasteiger partial charge on any atom is 0.332 e. The van der Waals surface area contributed by atoms with Crippen molar-refractivity contribution in [3.8, 4) is 0 Å². The standard InChI is InChI=1S/C16H18N4O3S/c1-18-14-13(15(21)19(2)16(18)22)20(11-17-14)8-9-24(23)10-12-6-4-3-5-7-12/h3-7,11H,8-10H2,1-2H3. The van der Waals surface area contributed by atoms with Crippen LogP contribution in [-0.4, -0.2) is 28.6 Å². The van der Waals surface area contributed by atoms with E-state index in [-0.39, 0.29) is 5.56 Å². The van der Waals surface area contributed by atoms with Crippen LogP contribution in [0.2, 0.25) is 0 Å². The van der Waals surface area contributed by atoms with E-state index >= 15 is 0 Å². The van der Waals surface area contributed by atoms with Crippen LogP contribution in [0.5, 0.6) is 0 Å². The molecule has 0 fully saturated rings. The second-order valence-electron chi connectivity index (χ2n) is 5.59. The minimum atomic E-state index is -1.05. The summed E-state index contributed by atoms with van der Waals surface area (Å²) in [7, 11) is 1.97. The highest BCUT2D eigenvalue weighted by Crippen LogP contribution is 2.07. The first-order chi connectivity index (χ1) is 11.5. The SMILES string of the molecule is Cn1c(=O)c2c(ncn2CCS(=O)Cc2ccccc2)n(C)c1=O. The molecule has 0 N–H and O–H groups in total. The fourth-order valence-corrected chi connectivity index (χ4v) is 3.71. The summed E-state index contributed by atoms with van der Waals surface area (Å²) in [5, 5.41) is 0. The van der Waals surface area contributed by atoms with Gasteiger partial charge in [0.2, 0.25) is 0 Å². The molecule has 3 rings (SSSR count). The maximum atomic E-state index is 12.3. The fourth-order valence-electron chi connectivity index (χ4n) is 2.60. The Morgan fingerprint density at radius 3 is 2.50 bits per heavy atom. The highest BCUT2D eigenvalue weighted by molar-refractivity contribution is 7.84. The molecule has 0 aliphatic rings. The molecule has 0 saturated heterocycles. The highest BCUT2D eigenvalue weighted by atomic mass is 32.2. The Bertz CT molecular complexity index is 1020. The van der Waals surface area contributed by atoms with E-state index in [4.69, 9.17) is 0 Å². The normalized spacial score (nSPS) is 12.6. The first kappa shape index (κ1) is 16.4. The van der Waals surface area contributed by atoms with E-state index in [9.17, 15) is 13.8 Å². The summed E-state index contributed by atoms with van der Waals surface area (Å²) < 4.78 is 16.3. The van der Waals surface area contributed by atoms with Crippen molar-refractivity contribution in [3.05, 3.63) is 63.1 Å². The molecule has 1 atom stereocenters. The third kappa shape index (κ3) is 2.96. The van der Waals surface area contributed by atoms with Crippen LogP contribution in [0.3, 0.4) is 0 Å². The molecule has 0 spiro atoms. The van der Waals surface area contributed by atoms with Crippen LogP contribution in [0.25, 0.3) is 11.2 Å². The molecular formula is C16H18N4O3S. The van der Waals surface area contributed by atoms with E-state index in [0.29, 0.717) is 29.2 Å². The number of imidazole rings is 1. The van der Waals surface area contributed by atoms with Gasteiger partial charge in [-0.2, -0.15) is 0 Å². The van der Waals surface area contributed by atoms with Crippen LogP contribution >= 0.6 is 0 Å². The van der Waals surface area contributed by atoms with Gasteiger partial charge in [-0.25, -0.2) is 9.78 Å². The lowest BCUT2D eigenvalue weighted by atomic mass is 10.2. The molecule has 0 amide bonds. The highest BCUT2D eigenvalue weighted by Gasteiger charge is 2.14. The number of nitrogens with zero attached hydrogens (tertiary/aromatic N) is 4. The molecule has 126 valence electrons. The number of hydrogen-bond donors (Lipinski definition) is 0. The van der Waals surface area contributed by atoms with Crippen LogP contribution < -0.4 is 11.2 Å². The lowest BCUT2D eigenvalue weighted by molar-refractivity contribution is 0.673. The van der Waals surface area contributed by atoms with Gasteiger partial charge in [0.05, 0.1) is 6.33 Å². The predicted molar refractivity (Wildman–Crippen MR) is 93.4 cm³/mol. The maximum absolute atomic E-state index is 12.3. The first-order valence-electron chi connectivity index (χ1n) is 7.49. The molecule has 0 saturated carbocycles. The molecule has 24 heavy (non-hydrogen) atoms. The summed E-state index contributed by atoms with van der Waals surface area (Å²) in [4.78, 5) is 28.4. The Labute approximate surface area is 140 Å². The zero-order chi connectivity index (χ0) is 17.3. The van der Waals surface area contributed by atoms with Crippen molar-refractivity contribution < 1.29 is 4.21 Å². The number of aryl methyl sites for hydroxylation is 2. The van der Waals surface area contributed by atoms with Gasteiger partial charge in [-0.1, -0.05) is 30.3 Å². The van der Waals surface area contributed by atoms with E-state index < -0.39 is 16.5 Å². The second kappa shape index (κ2) is 6.56. The average Bonchev–Trinajstić information content (AvgIpc) is 3.01. The van der Waals surface area contributed by atoms with Crippen LogP contribution in [0.1, 0.15) is 5.56 Å². The van der Waals surface area contributed by atoms with Gasteiger partial charge >= 0.3 is 5.69 Å². The van der Waals surface area contributed by atoms with Crippen molar-refractivity contribution >= 4 is 22.0 Å². The molecular weight excluding hydrogens is 328 g/mol. The molecule has 0 radical (unpaired) electrons. The minimum absolute atomic E-state index is 0.344. The van der Waals surface area contributed by atoms with Crippen LogP contribution in [0.4, 0.5) is 0 Å². The van der Waals surface area contributed by atoms with Gasteiger partial charge in [0.15, 0.2) is 11.2 Å². The van der Waals surface area contributed by atoms with Crippen molar-refractivity contribution in [1.82, 2.24) is 18.7 Å². The van der Waals surface area contributed by atoms with Gasteiger partial charge in [-0.05, 0) is 5.56 Å². The van der Waals surface area contributed by atoms with Crippen molar-refractivity contribution in [3.63, 3.8) is 0 Å². The molecule has 1 aromatic carbocycles. The Balaban J connectivity index is 1.83. The summed E-state index contributed by atoms with van der Waals surface area (Å²) in [6.07, 6.45) is 1.52. The third-order valence-electron chi connectivity index (χ3n) is 3.95. The molecule has 3 aromatic rings. The topological polar surface area (TPSA) is 78.9 Å². The summed E-state index contributed by atoms with van der Waals surface area (Å²) in [5.41, 5.74) is 0.919. The Morgan fingerprint density at radius 2 is 1.79 bits per heavy atom.